The van der Waals surface area contributed by atoms with E-state index in [1.807, 2.05) is 6.92 Å². The molecule has 2 aromatic carbocycles. The lowest BCUT2D eigenvalue weighted by Crippen LogP contribution is -2.48. The first kappa shape index (κ1) is 20.7. The molecule has 1 aliphatic rings. The zero-order chi connectivity index (χ0) is 21.2. The van der Waals surface area contributed by atoms with E-state index in [9.17, 15) is 18.0 Å². The normalized spacial score (nSPS) is 15.8. The highest BCUT2D eigenvalue weighted by molar-refractivity contribution is 7.92. The Morgan fingerprint density at radius 2 is 1.90 bits per heavy atom. The van der Waals surface area contributed by atoms with Crippen molar-refractivity contribution < 1.29 is 27.5 Å². The van der Waals surface area contributed by atoms with Crippen molar-refractivity contribution in [2.24, 2.45) is 0 Å². The van der Waals surface area contributed by atoms with Crippen molar-refractivity contribution in [2.75, 3.05) is 29.0 Å². The second kappa shape index (κ2) is 8.12. The number of benzene rings is 2. The molecule has 1 heterocycles. The first-order valence-corrected chi connectivity index (χ1v) is 10.9. The van der Waals surface area contributed by atoms with Crippen LogP contribution in [0.15, 0.2) is 42.5 Å². The molecule has 2 aromatic rings. The lowest BCUT2D eigenvalue weighted by atomic mass is 10.1. The molecule has 0 saturated carbocycles. The fourth-order valence-electron chi connectivity index (χ4n) is 2.94. The number of rotatable bonds is 5. The molecule has 1 atom stereocenters. The predicted molar refractivity (Wildman–Crippen MR) is 109 cm³/mol. The summed E-state index contributed by atoms with van der Waals surface area (Å²) in [4.78, 5) is 24.4. The molecule has 0 saturated heterocycles. The van der Waals surface area contributed by atoms with Crippen molar-refractivity contribution in [1.29, 1.82) is 0 Å². The molecule has 0 fully saturated rings. The molecule has 1 amide bonds. The van der Waals surface area contributed by atoms with Gasteiger partial charge in [0, 0.05) is 5.69 Å². The number of carbonyl (C=O) groups is 2. The van der Waals surface area contributed by atoms with Crippen molar-refractivity contribution in [1.82, 2.24) is 0 Å². The molecule has 1 aliphatic heterocycles. The van der Waals surface area contributed by atoms with Crippen molar-refractivity contribution in [2.45, 2.75) is 20.0 Å². The average Bonchev–Trinajstić information content (AvgIpc) is 2.67. The van der Waals surface area contributed by atoms with Crippen LogP contribution in [0.1, 0.15) is 22.8 Å². The molecule has 1 N–H and O–H groups in total. The first-order valence-electron chi connectivity index (χ1n) is 9.02. The molecule has 154 valence electrons. The van der Waals surface area contributed by atoms with Crippen molar-refractivity contribution in [3.05, 3.63) is 53.6 Å². The smallest absolute Gasteiger partial charge is 0.338 e. The van der Waals surface area contributed by atoms with Gasteiger partial charge in [-0.3, -0.25) is 9.10 Å². The molecule has 3 rings (SSSR count). The van der Waals surface area contributed by atoms with Crippen LogP contribution in [0.4, 0.5) is 11.4 Å². The SMILES string of the molecule is CCOC(=O)c1ccc(NC(=O)C2CN(S(C)(=O)=O)c3cc(C)ccc3O2)cc1. The van der Waals surface area contributed by atoms with Gasteiger partial charge in [-0.1, -0.05) is 6.07 Å². The van der Waals surface area contributed by atoms with Crippen LogP contribution in [-0.4, -0.2) is 45.8 Å². The molecule has 0 aromatic heterocycles. The van der Waals surface area contributed by atoms with Gasteiger partial charge < -0.3 is 14.8 Å². The van der Waals surface area contributed by atoms with Gasteiger partial charge in [-0.2, -0.15) is 0 Å². The van der Waals surface area contributed by atoms with Gasteiger partial charge in [0.05, 0.1) is 30.7 Å². The third-order valence-corrected chi connectivity index (χ3v) is 5.49. The standard InChI is InChI=1S/C20H22N2O6S/c1-4-27-20(24)14-6-8-15(9-7-14)21-19(23)18-12-22(29(3,25)26)16-11-13(2)5-10-17(16)28-18/h5-11,18H,4,12H2,1-3H3,(H,21,23). The maximum Gasteiger partial charge on any atom is 0.338 e. The van der Waals surface area contributed by atoms with Crippen LogP contribution in [-0.2, 0) is 19.6 Å². The maximum absolute atomic E-state index is 12.7. The van der Waals surface area contributed by atoms with Crippen LogP contribution in [0, 0.1) is 6.92 Å². The summed E-state index contributed by atoms with van der Waals surface area (Å²) in [5, 5.41) is 2.69. The molecule has 0 spiro atoms. The number of amides is 1. The summed E-state index contributed by atoms with van der Waals surface area (Å²) in [6.45, 7) is 3.70. The number of sulfonamides is 1. The van der Waals surface area contributed by atoms with Gasteiger partial charge >= 0.3 is 5.97 Å². The Kier molecular flexibility index (Phi) is 5.78. The highest BCUT2D eigenvalue weighted by atomic mass is 32.2. The number of hydrogen-bond donors (Lipinski definition) is 1. The van der Waals surface area contributed by atoms with Crippen LogP contribution in [0.2, 0.25) is 0 Å². The number of nitrogens with one attached hydrogen (secondary N) is 1. The molecular formula is C20H22N2O6S. The second-order valence-electron chi connectivity index (χ2n) is 6.66. The average molecular weight is 418 g/mol. The Morgan fingerprint density at radius 1 is 1.21 bits per heavy atom. The van der Waals surface area contributed by atoms with Gasteiger partial charge in [0.1, 0.15) is 5.75 Å². The Labute approximate surface area is 169 Å². The summed E-state index contributed by atoms with van der Waals surface area (Å²) in [6, 6.07) is 11.4. The Morgan fingerprint density at radius 3 is 2.52 bits per heavy atom. The fraction of sp³-hybridized carbons (Fsp3) is 0.300. The summed E-state index contributed by atoms with van der Waals surface area (Å²) >= 11 is 0. The van der Waals surface area contributed by atoms with Crippen molar-refractivity contribution >= 4 is 33.3 Å². The molecule has 1 unspecified atom stereocenters. The van der Waals surface area contributed by atoms with E-state index in [-0.39, 0.29) is 13.2 Å². The van der Waals surface area contributed by atoms with Gasteiger partial charge in [-0.15, -0.1) is 0 Å². The molecule has 0 radical (unpaired) electrons. The van der Waals surface area contributed by atoms with E-state index in [1.54, 1.807) is 37.3 Å². The van der Waals surface area contributed by atoms with E-state index < -0.39 is 28.0 Å². The number of nitrogens with zero attached hydrogens (tertiary/aromatic N) is 1. The minimum atomic E-state index is -3.59. The van der Waals surface area contributed by atoms with Crippen LogP contribution in [0.25, 0.3) is 0 Å². The molecule has 8 nitrogen and oxygen atoms in total. The number of esters is 1. The predicted octanol–water partition coefficient (Wildman–Crippen LogP) is 2.34. The summed E-state index contributed by atoms with van der Waals surface area (Å²) < 4.78 is 36.3. The quantitative estimate of drug-likeness (QED) is 0.748. The number of fused-ring (bicyclic) bond motifs is 1. The fourth-order valence-corrected chi connectivity index (χ4v) is 3.84. The Bertz CT molecular complexity index is 1030. The summed E-state index contributed by atoms with van der Waals surface area (Å²) in [6.07, 6.45) is 0.0673. The van der Waals surface area contributed by atoms with Crippen LogP contribution >= 0.6 is 0 Å². The van der Waals surface area contributed by atoms with Gasteiger partial charge in [0.2, 0.25) is 10.0 Å². The molecule has 29 heavy (non-hydrogen) atoms. The second-order valence-corrected chi connectivity index (χ2v) is 8.57. The van der Waals surface area contributed by atoms with E-state index in [1.165, 1.54) is 16.4 Å². The zero-order valence-electron chi connectivity index (χ0n) is 16.3. The van der Waals surface area contributed by atoms with Crippen LogP contribution < -0.4 is 14.4 Å². The minimum Gasteiger partial charge on any atom is -0.476 e. The van der Waals surface area contributed by atoms with Gasteiger partial charge in [-0.05, 0) is 55.8 Å². The Balaban J connectivity index is 1.78. The van der Waals surface area contributed by atoms with E-state index in [4.69, 9.17) is 9.47 Å². The highest BCUT2D eigenvalue weighted by Gasteiger charge is 2.35. The number of carbonyl (C=O) groups excluding carboxylic acids is 2. The molecule has 0 bridgehead atoms. The zero-order valence-corrected chi connectivity index (χ0v) is 17.2. The molecule has 0 aliphatic carbocycles. The summed E-state index contributed by atoms with van der Waals surface area (Å²) in [7, 11) is -3.59. The van der Waals surface area contributed by atoms with E-state index in [0.29, 0.717) is 22.7 Å². The van der Waals surface area contributed by atoms with E-state index in [2.05, 4.69) is 5.32 Å². The third kappa shape index (κ3) is 4.68. The Hall–Kier alpha value is -3.07. The minimum absolute atomic E-state index is 0.137. The topological polar surface area (TPSA) is 102 Å². The van der Waals surface area contributed by atoms with Crippen LogP contribution in [0.3, 0.4) is 0 Å². The number of ether oxygens (including phenoxy) is 2. The first-order chi connectivity index (χ1) is 13.7. The van der Waals surface area contributed by atoms with Gasteiger partial charge in [0.25, 0.3) is 5.91 Å². The van der Waals surface area contributed by atoms with Gasteiger partial charge in [-0.25, -0.2) is 13.2 Å². The highest BCUT2D eigenvalue weighted by Crippen LogP contribution is 2.36. The van der Waals surface area contributed by atoms with Gasteiger partial charge in [0.15, 0.2) is 6.10 Å². The van der Waals surface area contributed by atoms with E-state index in [0.717, 1.165) is 11.8 Å². The number of anilines is 2. The monoisotopic (exact) mass is 418 g/mol. The summed E-state index contributed by atoms with van der Waals surface area (Å²) in [5.41, 5.74) is 2.11. The maximum atomic E-state index is 12.7. The molecular weight excluding hydrogens is 396 g/mol. The largest absolute Gasteiger partial charge is 0.476 e. The summed E-state index contributed by atoms with van der Waals surface area (Å²) in [5.74, 6) is -0.615. The number of hydrogen-bond acceptors (Lipinski definition) is 6. The van der Waals surface area contributed by atoms with Crippen molar-refractivity contribution in [3.63, 3.8) is 0 Å². The lowest BCUT2D eigenvalue weighted by molar-refractivity contribution is -0.122. The third-order valence-electron chi connectivity index (χ3n) is 4.34. The lowest BCUT2D eigenvalue weighted by Gasteiger charge is -2.34. The van der Waals surface area contributed by atoms with Crippen molar-refractivity contribution in [3.8, 4) is 5.75 Å². The van der Waals surface area contributed by atoms with E-state index >= 15 is 0 Å². The van der Waals surface area contributed by atoms with Crippen LogP contribution in [0.5, 0.6) is 5.75 Å². The molecule has 9 heteroatoms. The number of aryl methyl sites for hydroxylation is 1.